The lowest BCUT2D eigenvalue weighted by atomic mass is 10.0. The SMILES string of the molecule is COc1ccc(NS(=O)(=O)c2cccc3c2NCCC3)cc1F. The molecule has 0 spiro atoms. The number of aryl methyl sites for hydroxylation is 1. The van der Waals surface area contributed by atoms with Gasteiger partial charge in [-0.15, -0.1) is 0 Å². The van der Waals surface area contributed by atoms with E-state index in [1.165, 1.54) is 19.2 Å². The lowest BCUT2D eigenvalue weighted by Crippen LogP contribution is -2.19. The second kappa shape index (κ2) is 6.08. The Morgan fingerprint density at radius 2 is 2.09 bits per heavy atom. The first-order chi connectivity index (χ1) is 11.0. The fourth-order valence-corrected chi connectivity index (χ4v) is 3.92. The molecule has 2 aromatic rings. The third-order valence-electron chi connectivity index (χ3n) is 3.73. The van der Waals surface area contributed by atoms with E-state index in [0.717, 1.165) is 31.0 Å². The van der Waals surface area contributed by atoms with E-state index in [0.29, 0.717) is 5.69 Å². The molecule has 1 heterocycles. The summed E-state index contributed by atoms with van der Waals surface area (Å²) in [5, 5.41) is 3.14. The maximum Gasteiger partial charge on any atom is 0.263 e. The quantitative estimate of drug-likeness (QED) is 0.901. The predicted molar refractivity (Wildman–Crippen MR) is 87.0 cm³/mol. The molecule has 0 saturated carbocycles. The van der Waals surface area contributed by atoms with Crippen molar-refractivity contribution >= 4 is 21.4 Å². The highest BCUT2D eigenvalue weighted by atomic mass is 32.2. The van der Waals surface area contributed by atoms with Gasteiger partial charge in [-0.25, -0.2) is 12.8 Å². The normalized spacial score (nSPS) is 13.8. The first-order valence-electron chi connectivity index (χ1n) is 7.23. The Balaban J connectivity index is 1.95. The van der Waals surface area contributed by atoms with Gasteiger partial charge in [-0.05, 0) is 36.6 Å². The number of ether oxygens (including phenoxy) is 1. The second-order valence-electron chi connectivity index (χ2n) is 5.28. The molecule has 0 atom stereocenters. The zero-order chi connectivity index (χ0) is 16.4. The predicted octanol–water partition coefficient (Wildman–Crippen LogP) is 2.99. The number of nitrogens with one attached hydrogen (secondary N) is 2. The van der Waals surface area contributed by atoms with Crippen LogP contribution in [0, 0.1) is 5.82 Å². The van der Waals surface area contributed by atoms with Crippen molar-refractivity contribution in [1.29, 1.82) is 0 Å². The maximum atomic E-state index is 13.7. The lowest BCUT2D eigenvalue weighted by molar-refractivity contribution is 0.386. The number of hydrogen-bond acceptors (Lipinski definition) is 4. The summed E-state index contributed by atoms with van der Waals surface area (Å²) in [5.74, 6) is -0.562. The zero-order valence-corrected chi connectivity index (χ0v) is 13.4. The summed E-state index contributed by atoms with van der Waals surface area (Å²) in [6.07, 6.45) is 1.80. The van der Waals surface area contributed by atoms with Crippen LogP contribution in [0.25, 0.3) is 0 Å². The van der Waals surface area contributed by atoms with E-state index in [-0.39, 0.29) is 16.3 Å². The Labute approximate surface area is 134 Å². The number of methoxy groups -OCH3 is 1. The van der Waals surface area contributed by atoms with Crippen LogP contribution in [0.3, 0.4) is 0 Å². The van der Waals surface area contributed by atoms with Crippen LogP contribution < -0.4 is 14.8 Å². The molecule has 122 valence electrons. The van der Waals surface area contributed by atoms with Crippen molar-refractivity contribution in [2.24, 2.45) is 0 Å². The molecular formula is C16H17FN2O3S. The van der Waals surface area contributed by atoms with E-state index in [2.05, 4.69) is 10.0 Å². The molecule has 0 amide bonds. The molecule has 0 aliphatic carbocycles. The minimum absolute atomic E-state index is 0.0618. The van der Waals surface area contributed by atoms with Crippen molar-refractivity contribution in [1.82, 2.24) is 0 Å². The molecular weight excluding hydrogens is 319 g/mol. The molecule has 0 bridgehead atoms. The van der Waals surface area contributed by atoms with Gasteiger partial charge in [0.15, 0.2) is 11.6 Å². The summed E-state index contributed by atoms with van der Waals surface area (Å²) in [6, 6.07) is 9.11. The van der Waals surface area contributed by atoms with Crippen LogP contribution >= 0.6 is 0 Å². The number of para-hydroxylation sites is 1. The van der Waals surface area contributed by atoms with Crippen LogP contribution in [-0.4, -0.2) is 22.1 Å². The zero-order valence-electron chi connectivity index (χ0n) is 12.6. The van der Waals surface area contributed by atoms with Crippen molar-refractivity contribution in [2.45, 2.75) is 17.7 Å². The Hall–Kier alpha value is -2.28. The summed E-state index contributed by atoms with van der Waals surface area (Å²) in [5.41, 5.74) is 1.75. The van der Waals surface area contributed by atoms with Gasteiger partial charge < -0.3 is 10.1 Å². The number of halogens is 1. The van der Waals surface area contributed by atoms with E-state index < -0.39 is 15.8 Å². The summed E-state index contributed by atoms with van der Waals surface area (Å²) < 4.78 is 46.2. The highest BCUT2D eigenvalue weighted by Gasteiger charge is 2.22. The van der Waals surface area contributed by atoms with Crippen molar-refractivity contribution in [3.8, 4) is 5.75 Å². The molecule has 0 saturated heterocycles. The van der Waals surface area contributed by atoms with Gasteiger partial charge in [0.2, 0.25) is 0 Å². The van der Waals surface area contributed by atoms with Crippen LogP contribution in [0.1, 0.15) is 12.0 Å². The number of anilines is 2. The largest absolute Gasteiger partial charge is 0.494 e. The molecule has 1 aliphatic heterocycles. The summed E-state index contributed by atoms with van der Waals surface area (Å²) >= 11 is 0. The fourth-order valence-electron chi connectivity index (χ4n) is 2.64. The van der Waals surface area contributed by atoms with Crippen LogP contribution in [0.4, 0.5) is 15.8 Å². The first kappa shape index (κ1) is 15.6. The molecule has 5 nitrogen and oxygen atoms in total. The van der Waals surface area contributed by atoms with Crippen molar-refractivity contribution < 1.29 is 17.5 Å². The van der Waals surface area contributed by atoms with Crippen molar-refractivity contribution in [2.75, 3.05) is 23.7 Å². The smallest absolute Gasteiger partial charge is 0.263 e. The highest BCUT2D eigenvalue weighted by molar-refractivity contribution is 7.92. The second-order valence-corrected chi connectivity index (χ2v) is 6.93. The first-order valence-corrected chi connectivity index (χ1v) is 8.72. The van der Waals surface area contributed by atoms with E-state index >= 15 is 0 Å². The van der Waals surface area contributed by atoms with Crippen LogP contribution in [0.5, 0.6) is 5.75 Å². The average Bonchev–Trinajstić information content (AvgIpc) is 2.54. The number of sulfonamides is 1. The molecule has 0 fully saturated rings. The minimum atomic E-state index is -3.81. The van der Waals surface area contributed by atoms with E-state index in [9.17, 15) is 12.8 Å². The molecule has 3 rings (SSSR count). The standard InChI is InChI=1S/C16H17FN2O3S/c1-22-14-8-7-12(10-13(14)17)19-23(20,21)15-6-2-4-11-5-3-9-18-16(11)15/h2,4,6-8,10,18-19H,3,5,9H2,1H3. The van der Waals surface area contributed by atoms with Gasteiger partial charge in [0, 0.05) is 12.6 Å². The Bertz CT molecular complexity index is 837. The fraction of sp³-hybridized carbons (Fsp3) is 0.250. The van der Waals surface area contributed by atoms with Crippen LogP contribution in [-0.2, 0) is 16.4 Å². The molecule has 7 heteroatoms. The molecule has 0 aromatic heterocycles. The summed E-state index contributed by atoms with van der Waals surface area (Å²) in [4.78, 5) is 0.172. The number of rotatable bonds is 4. The molecule has 2 N–H and O–H groups in total. The van der Waals surface area contributed by atoms with Gasteiger partial charge in [-0.1, -0.05) is 12.1 Å². The van der Waals surface area contributed by atoms with Crippen molar-refractivity contribution in [3.05, 3.63) is 47.8 Å². The third-order valence-corrected chi connectivity index (χ3v) is 5.15. The van der Waals surface area contributed by atoms with E-state index in [1.807, 2.05) is 6.07 Å². The van der Waals surface area contributed by atoms with Crippen molar-refractivity contribution in [3.63, 3.8) is 0 Å². The van der Waals surface area contributed by atoms with E-state index in [1.54, 1.807) is 12.1 Å². The van der Waals surface area contributed by atoms with Gasteiger partial charge in [0.25, 0.3) is 10.0 Å². The van der Waals surface area contributed by atoms with Crippen LogP contribution in [0.2, 0.25) is 0 Å². The topological polar surface area (TPSA) is 67.4 Å². The Morgan fingerprint density at radius 3 is 2.83 bits per heavy atom. The highest BCUT2D eigenvalue weighted by Crippen LogP contribution is 2.31. The average molecular weight is 336 g/mol. The molecule has 0 unspecified atom stereocenters. The van der Waals surface area contributed by atoms with Gasteiger partial charge in [-0.2, -0.15) is 0 Å². The van der Waals surface area contributed by atoms with Gasteiger partial charge >= 0.3 is 0 Å². The lowest BCUT2D eigenvalue weighted by Gasteiger charge is -2.21. The maximum absolute atomic E-state index is 13.7. The molecule has 2 aromatic carbocycles. The summed E-state index contributed by atoms with van der Waals surface area (Å²) in [7, 11) is -2.46. The monoisotopic (exact) mass is 336 g/mol. The number of benzene rings is 2. The summed E-state index contributed by atoms with van der Waals surface area (Å²) in [6.45, 7) is 0.733. The number of fused-ring (bicyclic) bond motifs is 1. The Kier molecular flexibility index (Phi) is 4.12. The van der Waals surface area contributed by atoms with E-state index in [4.69, 9.17) is 4.74 Å². The van der Waals surface area contributed by atoms with Gasteiger partial charge in [-0.3, -0.25) is 4.72 Å². The number of hydrogen-bond donors (Lipinski definition) is 2. The Morgan fingerprint density at radius 1 is 1.26 bits per heavy atom. The molecule has 1 aliphatic rings. The van der Waals surface area contributed by atoms with Gasteiger partial charge in [0.1, 0.15) is 4.90 Å². The molecule has 0 radical (unpaired) electrons. The van der Waals surface area contributed by atoms with Gasteiger partial charge in [0.05, 0.1) is 18.5 Å². The minimum Gasteiger partial charge on any atom is -0.494 e. The third kappa shape index (κ3) is 3.10. The van der Waals surface area contributed by atoms with Crippen LogP contribution in [0.15, 0.2) is 41.3 Å². The molecule has 23 heavy (non-hydrogen) atoms.